The molecule has 24 heavy (non-hydrogen) atoms. The molecule has 2 fully saturated rings. The third kappa shape index (κ3) is 4.00. The highest BCUT2D eigenvalue weighted by molar-refractivity contribution is 5.91. The summed E-state index contributed by atoms with van der Waals surface area (Å²) in [6, 6.07) is 6.72. The molecule has 0 aliphatic carbocycles. The summed E-state index contributed by atoms with van der Waals surface area (Å²) in [4.78, 5) is 27.1. The molecule has 1 aromatic rings. The summed E-state index contributed by atoms with van der Waals surface area (Å²) in [6.07, 6.45) is 8.07. The van der Waals surface area contributed by atoms with Crippen LogP contribution in [0.15, 0.2) is 30.3 Å². The molecular weight excluding hydrogens is 306 g/mol. The normalized spacial score (nSPS) is 22.2. The number of carbonyl (C=O) groups excluding carboxylic acids is 1. The average molecular weight is 329 g/mol. The van der Waals surface area contributed by atoms with Crippen molar-refractivity contribution in [1.29, 1.82) is 0 Å². The van der Waals surface area contributed by atoms with Crippen LogP contribution in [0.4, 0.5) is 5.69 Å². The topological polar surface area (TPSA) is 66.7 Å². The Labute approximate surface area is 141 Å². The minimum atomic E-state index is -0.426. The van der Waals surface area contributed by atoms with Gasteiger partial charge in [0.15, 0.2) is 0 Å². The molecule has 0 spiro atoms. The number of nitro groups is 1. The molecule has 2 saturated heterocycles. The van der Waals surface area contributed by atoms with Crippen molar-refractivity contribution in [3.8, 4) is 0 Å². The summed E-state index contributed by atoms with van der Waals surface area (Å²) in [6.45, 7) is 3.94. The third-order valence-corrected chi connectivity index (χ3v) is 4.89. The standard InChI is InChI=1S/C18H23N3O3/c22-18(10-7-15-5-8-16(9-6-15)21(23)24)20-13-3-4-17(14-20)19-11-1-2-12-19/h5-10,17H,1-4,11-14H2. The summed E-state index contributed by atoms with van der Waals surface area (Å²) in [5, 5.41) is 10.6. The Balaban J connectivity index is 1.58. The molecule has 2 aliphatic heterocycles. The predicted octanol–water partition coefficient (Wildman–Crippen LogP) is 2.69. The number of nitrogens with zero attached hydrogens (tertiary/aromatic N) is 3. The molecular formula is C18H23N3O3. The lowest BCUT2D eigenvalue weighted by Crippen LogP contribution is -2.48. The first-order valence-electron chi connectivity index (χ1n) is 8.59. The molecule has 0 radical (unpaired) electrons. The van der Waals surface area contributed by atoms with Gasteiger partial charge in [0, 0.05) is 37.3 Å². The lowest BCUT2D eigenvalue weighted by molar-refractivity contribution is -0.384. The molecule has 1 atom stereocenters. The number of rotatable bonds is 4. The molecule has 0 bridgehead atoms. The maximum absolute atomic E-state index is 12.4. The number of amides is 1. The Morgan fingerprint density at radius 2 is 1.83 bits per heavy atom. The van der Waals surface area contributed by atoms with Gasteiger partial charge in [-0.05, 0) is 62.5 Å². The highest BCUT2D eigenvalue weighted by Gasteiger charge is 2.28. The number of hydrogen-bond acceptors (Lipinski definition) is 4. The van der Waals surface area contributed by atoms with E-state index in [1.54, 1.807) is 24.3 Å². The molecule has 6 heteroatoms. The van der Waals surface area contributed by atoms with E-state index in [9.17, 15) is 14.9 Å². The van der Waals surface area contributed by atoms with E-state index in [-0.39, 0.29) is 11.6 Å². The van der Waals surface area contributed by atoms with Gasteiger partial charge in [-0.1, -0.05) is 0 Å². The van der Waals surface area contributed by atoms with Crippen LogP contribution in [0.2, 0.25) is 0 Å². The number of carbonyl (C=O) groups is 1. The highest BCUT2D eigenvalue weighted by Crippen LogP contribution is 2.21. The maximum Gasteiger partial charge on any atom is 0.269 e. The molecule has 2 aliphatic rings. The van der Waals surface area contributed by atoms with Crippen molar-refractivity contribution in [3.63, 3.8) is 0 Å². The van der Waals surface area contributed by atoms with Crippen LogP contribution in [-0.2, 0) is 4.79 Å². The van der Waals surface area contributed by atoms with E-state index in [1.165, 1.54) is 31.4 Å². The van der Waals surface area contributed by atoms with Crippen LogP contribution in [-0.4, -0.2) is 52.9 Å². The Hall–Kier alpha value is -2.21. The number of nitro benzene ring substituents is 1. The molecule has 128 valence electrons. The Kier molecular flexibility index (Phi) is 5.25. The van der Waals surface area contributed by atoms with Crippen molar-refractivity contribution >= 4 is 17.7 Å². The van der Waals surface area contributed by atoms with Gasteiger partial charge < -0.3 is 4.90 Å². The summed E-state index contributed by atoms with van der Waals surface area (Å²) in [7, 11) is 0. The molecule has 6 nitrogen and oxygen atoms in total. The first-order valence-corrected chi connectivity index (χ1v) is 8.59. The molecule has 3 rings (SSSR count). The SMILES string of the molecule is O=C(C=Cc1ccc([N+](=O)[O-])cc1)N1CCCC(N2CCCC2)C1. The van der Waals surface area contributed by atoms with Crippen LogP contribution in [0, 0.1) is 10.1 Å². The summed E-state index contributed by atoms with van der Waals surface area (Å²) in [5.41, 5.74) is 0.852. The Morgan fingerprint density at radius 3 is 2.50 bits per heavy atom. The van der Waals surface area contributed by atoms with Crippen LogP contribution in [0.5, 0.6) is 0 Å². The molecule has 1 unspecified atom stereocenters. The largest absolute Gasteiger partial charge is 0.338 e. The van der Waals surface area contributed by atoms with Gasteiger partial charge in [0.2, 0.25) is 5.91 Å². The van der Waals surface area contributed by atoms with Gasteiger partial charge in [0.25, 0.3) is 5.69 Å². The molecule has 2 heterocycles. The van der Waals surface area contributed by atoms with E-state index in [1.807, 2.05) is 4.90 Å². The zero-order valence-corrected chi connectivity index (χ0v) is 13.8. The van der Waals surface area contributed by atoms with Crippen molar-refractivity contribution < 1.29 is 9.72 Å². The molecule has 1 aromatic carbocycles. The Bertz CT molecular complexity index is 621. The van der Waals surface area contributed by atoms with Gasteiger partial charge in [0.1, 0.15) is 0 Å². The van der Waals surface area contributed by atoms with Crippen molar-refractivity contribution in [3.05, 3.63) is 46.0 Å². The highest BCUT2D eigenvalue weighted by atomic mass is 16.6. The van der Waals surface area contributed by atoms with Crippen molar-refractivity contribution in [2.75, 3.05) is 26.2 Å². The summed E-state index contributed by atoms with van der Waals surface area (Å²) in [5.74, 6) is 0.0252. The van der Waals surface area contributed by atoms with E-state index in [2.05, 4.69) is 4.90 Å². The zero-order chi connectivity index (χ0) is 16.9. The molecule has 0 aromatic heterocycles. The van der Waals surface area contributed by atoms with Crippen LogP contribution >= 0.6 is 0 Å². The lowest BCUT2D eigenvalue weighted by atomic mass is 10.0. The van der Waals surface area contributed by atoms with E-state index in [0.29, 0.717) is 6.04 Å². The lowest BCUT2D eigenvalue weighted by Gasteiger charge is -2.37. The van der Waals surface area contributed by atoms with Crippen LogP contribution in [0.3, 0.4) is 0 Å². The fourth-order valence-corrected chi connectivity index (χ4v) is 3.54. The number of non-ortho nitro benzene ring substituents is 1. The zero-order valence-electron chi connectivity index (χ0n) is 13.8. The van der Waals surface area contributed by atoms with Gasteiger partial charge in [-0.3, -0.25) is 19.8 Å². The first-order chi connectivity index (χ1) is 11.6. The third-order valence-electron chi connectivity index (χ3n) is 4.89. The fraction of sp³-hybridized carbons (Fsp3) is 0.500. The predicted molar refractivity (Wildman–Crippen MR) is 92.5 cm³/mol. The van der Waals surface area contributed by atoms with E-state index < -0.39 is 4.92 Å². The van der Waals surface area contributed by atoms with Crippen molar-refractivity contribution in [1.82, 2.24) is 9.80 Å². The quantitative estimate of drug-likeness (QED) is 0.484. The summed E-state index contributed by atoms with van der Waals surface area (Å²) >= 11 is 0. The van der Waals surface area contributed by atoms with Crippen LogP contribution in [0.1, 0.15) is 31.2 Å². The second kappa shape index (κ2) is 7.57. The monoisotopic (exact) mass is 329 g/mol. The van der Waals surface area contributed by atoms with Gasteiger partial charge in [-0.15, -0.1) is 0 Å². The van der Waals surface area contributed by atoms with E-state index in [0.717, 1.165) is 38.2 Å². The minimum absolute atomic E-state index is 0.0252. The van der Waals surface area contributed by atoms with Gasteiger partial charge in [-0.2, -0.15) is 0 Å². The summed E-state index contributed by atoms with van der Waals surface area (Å²) < 4.78 is 0. The van der Waals surface area contributed by atoms with E-state index >= 15 is 0 Å². The number of piperidine rings is 1. The minimum Gasteiger partial charge on any atom is -0.338 e. The fourth-order valence-electron chi connectivity index (χ4n) is 3.54. The van der Waals surface area contributed by atoms with Gasteiger partial charge in [-0.25, -0.2) is 0 Å². The second-order valence-corrected chi connectivity index (χ2v) is 6.51. The Morgan fingerprint density at radius 1 is 1.12 bits per heavy atom. The smallest absolute Gasteiger partial charge is 0.269 e. The van der Waals surface area contributed by atoms with Gasteiger partial charge >= 0.3 is 0 Å². The average Bonchev–Trinajstić information content (AvgIpc) is 3.15. The second-order valence-electron chi connectivity index (χ2n) is 6.51. The van der Waals surface area contributed by atoms with Crippen molar-refractivity contribution in [2.24, 2.45) is 0 Å². The number of likely N-dealkylation sites (tertiary alicyclic amines) is 2. The number of hydrogen-bond donors (Lipinski definition) is 0. The van der Waals surface area contributed by atoms with Crippen molar-refractivity contribution in [2.45, 2.75) is 31.7 Å². The molecule has 1 amide bonds. The first kappa shape index (κ1) is 16.6. The van der Waals surface area contributed by atoms with Crippen LogP contribution in [0.25, 0.3) is 6.08 Å². The molecule has 0 saturated carbocycles. The van der Waals surface area contributed by atoms with Crippen LogP contribution < -0.4 is 0 Å². The van der Waals surface area contributed by atoms with E-state index in [4.69, 9.17) is 0 Å². The van der Waals surface area contributed by atoms with Gasteiger partial charge in [0.05, 0.1) is 4.92 Å². The maximum atomic E-state index is 12.4. The number of benzene rings is 1. The molecule has 0 N–H and O–H groups in total.